The minimum absolute atomic E-state index is 0.217. The predicted molar refractivity (Wildman–Crippen MR) is 70.0 cm³/mol. The van der Waals surface area contributed by atoms with Crippen molar-refractivity contribution in [2.75, 3.05) is 19.6 Å². The highest BCUT2D eigenvalue weighted by Gasteiger charge is 2.17. The lowest BCUT2D eigenvalue weighted by Crippen LogP contribution is -2.36. The molecule has 0 unspecified atom stereocenters. The third-order valence-corrected chi connectivity index (χ3v) is 3.30. The summed E-state index contributed by atoms with van der Waals surface area (Å²) in [5.41, 5.74) is 1.14. The monoisotopic (exact) mass is 250 g/mol. The van der Waals surface area contributed by atoms with Gasteiger partial charge in [0.2, 0.25) is 5.91 Å². The zero-order valence-electron chi connectivity index (χ0n) is 11.1. The fourth-order valence-electron chi connectivity index (χ4n) is 2.31. The Labute approximate surface area is 108 Å². The summed E-state index contributed by atoms with van der Waals surface area (Å²) in [6.45, 7) is 6.12. The van der Waals surface area contributed by atoms with E-state index < -0.39 is 0 Å². The van der Waals surface area contributed by atoms with Gasteiger partial charge < -0.3 is 14.8 Å². The molecule has 1 N–H and O–H groups in total. The molecule has 18 heavy (non-hydrogen) atoms. The van der Waals surface area contributed by atoms with Crippen molar-refractivity contribution in [2.45, 2.75) is 39.3 Å². The van der Waals surface area contributed by atoms with Crippen LogP contribution in [-0.2, 0) is 17.9 Å². The van der Waals surface area contributed by atoms with Gasteiger partial charge in [-0.1, -0.05) is 6.92 Å². The first-order chi connectivity index (χ1) is 8.81. The first kappa shape index (κ1) is 13.1. The van der Waals surface area contributed by atoms with Crippen LogP contribution in [0.3, 0.4) is 0 Å². The van der Waals surface area contributed by atoms with Crippen LogP contribution in [0.4, 0.5) is 0 Å². The van der Waals surface area contributed by atoms with Crippen molar-refractivity contribution in [3.63, 3.8) is 0 Å². The summed E-state index contributed by atoms with van der Waals surface area (Å²) in [7, 11) is 0. The quantitative estimate of drug-likeness (QED) is 0.819. The maximum absolute atomic E-state index is 11.8. The van der Waals surface area contributed by atoms with Crippen molar-refractivity contribution in [1.82, 2.24) is 19.8 Å². The van der Waals surface area contributed by atoms with Gasteiger partial charge in [-0.15, -0.1) is 0 Å². The molecule has 1 amide bonds. The SMILES string of the molecule is CCCn1cncc1CNCC(=O)N1CCCC1. The molecule has 0 spiro atoms. The second-order valence-corrected chi connectivity index (χ2v) is 4.77. The number of aromatic nitrogens is 2. The summed E-state index contributed by atoms with van der Waals surface area (Å²) < 4.78 is 2.13. The highest BCUT2D eigenvalue weighted by atomic mass is 16.2. The summed E-state index contributed by atoms with van der Waals surface area (Å²) in [6.07, 6.45) is 7.10. The van der Waals surface area contributed by atoms with Crippen LogP contribution in [0.25, 0.3) is 0 Å². The summed E-state index contributed by atoms with van der Waals surface area (Å²) >= 11 is 0. The van der Waals surface area contributed by atoms with Gasteiger partial charge in [-0.05, 0) is 19.3 Å². The zero-order valence-corrected chi connectivity index (χ0v) is 11.1. The van der Waals surface area contributed by atoms with Crippen LogP contribution in [0.5, 0.6) is 0 Å². The van der Waals surface area contributed by atoms with E-state index in [1.54, 1.807) is 0 Å². The number of nitrogens with zero attached hydrogens (tertiary/aromatic N) is 3. The molecular weight excluding hydrogens is 228 g/mol. The van der Waals surface area contributed by atoms with E-state index >= 15 is 0 Å². The molecular formula is C13H22N4O. The Morgan fingerprint density at radius 2 is 2.22 bits per heavy atom. The van der Waals surface area contributed by atoms with E-state index in [2.05, 4.69) is 21.8 Å². The largest absolute Gasteiger partial charge is 0.342 e. The number of carbonyl (C=O) groups is 1. The second-order valence-electron chi connectivity index (χ2n) is 4.77. The number of aryl methyl sites for hydroxylation is 1. The van der Waals surface area contributed by atoms with E-state index in [0.717, 1.165) is 44.6 Å². The van der Waals surface area contributed by atoms with Crippen LogP contribution < -0.4 is 5.32 Å². The Bertz CT molecular complexity index is 382. The smallest absolute Gasteiger partial charge is 0.236 e. The highest BCUT2D eigenvalue weighted by Crippen LogP contribution is 2.07. The third kappa shape index (κ3) is 3.32. The number of hydrogen-bond acceptors (Lipinski definition) is 3. The molecule has 2 heterocycles. The zero-order chi connectivity index (χ0) is 12.8. The number of rotatable bonds is 6. The fourth-order valence-corrected chi connectivity index (χ4v) is 2.31. The van der Waals surface area contributed by atoms with E-state index in [0.29, 0.717) is 13.1 Å². The molecule has 1 aliphatic rings. The van der Waals surface area contributed by atoms with Crippen LogP contribution in [0.15, 0.2) is 12.5 Å². The van der Waals surface area contributed by atoms with Crippen LogP contribution in [0.1, 0.15) is 31.9 Å². The molecule has 1 aliphatic heterocycles. The average molecular weight is 250 g/mol. The number of carbonyl (C=O) groups excluding carboxylic acids is 1. The second kappa shape index (κ2) is 6.54. The minimum Gasteiger partial charge on any atom is -0.342 e. The molecule has 1 saturated heterocycles. The maximum atomic E-state index is 11.8. The summed E-state index contributed by atoms with van der Waals surface area (Å²) in [6, 6.07) is 0. The highest BCUT2D eigenvalue weighted by molar-refractivity contribution is 5.78. The topological polar surface area (TPSA) is 50.2 Å². The molecule has 1 aromatic heterocycles. The van der Waals surface area contributed by atoms with E-state index in [1.165, 1.54) is 0 Å². The Morgan fingerprint density at radius 1 is 1.44 bits per heavy atom. The van der Waals surface area contributed by atoms with Gasteiger partial charge in [0, 0.05) is 32.4 Å². The number of nitrogens with one attached hydrogen (secondary N) is 1. The van der Waals surface area contributed by atoms with Gasteiger partial charge in [0.05, 0.1) is 18.6 Å². The van der Waals surface area contributed by atoms with Gasteiger partial charge in [-0.2, -0.15) is 0 Å². The lowest BCUT2D eigenvalue weighted by molar-refractivity contribution is -0.129. The molecule has 5 nitrogen and oxygen atoms in total. The van der Waals surface area contributed by atoms with Crippen LogP contribution in [-0.4, -0.2) is 40.0 Å². The van der Waals surface area contributed by atoms with Gasteiger partial charge in [0.25, 0.3) is 0 Å². The summed E-state index contributed by atoms with van der Waals surface area (Å²) in [4.78, 5) is 17.9. The molecule has 0 aliphatic carbocycles. The molecule has 0 radical (unpaired) electrons. The normalized spacial score (nSPS) is 15.3. The number of imidazole rings is 1. The van der Waals surface area contributed by atoms with E-state index in [-0.39, 0.29) is 5.91 Å². The Balaban J connectivity index is 1.74. The summed E-state index contributed by atoms with van der Waals surface area (Å²) in [5.74, 6) is 0.217. The third-order valence-electron chi connectivity index (χ3n) is 3.30. The molecule has 0 atom stereocenters. The van der Waals surface area contributed by atoms with Crippen molar-refractivity contribution >= 4 is 5.91 Å². The molecule has 5 heteroatoms. The average Bonchev–Trinajstić information content (AvgIpc) is 3.01. The first-order valence-corrected chi connectivity index (χ1v) is 6.78. The van der Waals surface area contributed by atoms with Gasteiger partial charge in [-0.25, -0.2) is 4.98 Å². The first-order valence-electron chi connectivity index (χ1n) is 6.78. The molecule has 1 fully saturated rings. The fraction of sp³-hybridized carbons (Fsp3) is 0.692. The van der Waals surface area contributed by atoms with Crippen LogP contribution in [0, 0.1) is 0 Å². The van der Waals surface area contributed by atoms with Crippen LogP contribution in [0.2, 0.25) is 0 Å². The standard InChI is InChI=1S/C13H22N4O/c1-2-5-17-11-15-9-12(17)8-14-10-13(18)16-6-3-4-7-16/h9,11,14H,2-8,10H2,1H3. The Kier molecular flexibility index (Phi) is 4.75. The van der Waals surface area contributed by atoms with Crippen LogP contribution >= 0.6 is 0 Å². The van der Waals surface area contributed by atoms with Crippen molar-refractivity contribution in [3.05, 3.63) is 18.2 Å². The molecule has 1 aromatic rings. The Hall–Kier alpha value is -1.36. The van der Waals surface area contributed by atoms with Gasteiger partial charge >= 0.3 is 0 Å². The molecule has 0 aromatic carbocycles. The lowest BCUT2D eigenvalue weighted by Gasteiger charge is -2.15. The van der Waals surface area contributed by atoms with E-state index in [4.69, 9.17) is 0 Å². The van der Waals surface area contributed by atoms with Crippen molar-refractivity contribution in [1.29, 1.82) is 0 Å². The summed E-state index contributed by atoms with van der Waals surface area (Å²) in [5, 5.41) is 3.21. The number of likely N-dealkylation sites (tertiary alicyclic amines) is 1. The number of amides is 1. The maximum Gasteiger partial charge on any atom is 0.236 e. The van der Waals surface area contributed by atoms with Crippen molar-refractivity contribution < 1.29 is 4.79 Å². The van der Waals surface area contributed by atoms with E-state index in [9.17, 15) is 4.79 Å². The van der Waals surface area contributed by atoms with Crippen molar-refractivity contribution in [2.24, 2.45) is 0 Å². The number of hydrogen-bond donors (Lipinski definition) is 1. The van der Waals surface area contributed by atoms with Gasteiger partial charge in [0.1, 0.15) is 0 Å². The predicted octanol–water partition coefficient (Wildman–Crippen LogP) is 1.01. The molecule has 0 bridgehead atoms. The lowest BCUT2D eigenvalue weighted by atomic mass is 10.4. The molecule has 0 saturated carbocycles. The van der Waals surface area contributed by atoms with Gasteiger partial charge in [0.15, 0.2) is 0 Å². The molecule has 100 valence electrons. The van der Waals surface area contributed by atoms with Crippen molar-refractivity contribution in [3.8, 4) is 0 Å². The minimum atomic E-state index is 0.217. The Morgan fingerprint density at radius 3 is 2.94 bits per heavy atom. The van der Waals surface area contributed by atoms with Gasteiger partial charge in [-0.3, -0.25) is 4.79 Å². The molecule has 2 rings (SSSR count). The van der Waals surface area contributed by atoms with E-state index in [1.807, 2.05) is 17.4 Å².